The van der Waals surface area contributed by atoms with Crippen LogP contribution in [0.4, 0.5) is 0 Å². The molecule has 2 unspecified atom stereocenters. The third-order valence-corrected chi connectivity index (χ3v) is 5.05. The highest BCUT2D eigenvalue weighted by Gasteiger charge is 2.25. The number of nitrogens with two attached hydrogens (primary N) is 1. The first-order chi connectivity index (χ1) is 10.7. The zero-order valence-electron chi connectivity index (χ0n) is 12.7. The quantitative estimate of drug-likeness (QED) is 0.911. The lowest BCUT2D eigenvalue weighted by Gasteiger charge is -2.13. The lowest BCUT2D eigenvalue weighted by Crippen LogP contribution is -2.33. The number of aromatic nitrogens is 1. The van der Waals surface area contributed by atoms with E-state index >= 15 is 0 Å². The van der Waals surface area contributed by atoms with E-state index in [1.165, 1.54) is 0 Å². The highest BCUT2D eigenvalue weighted by molar-refractivity contribution is 7.09. The summed E-state index contributed by atoms with van der Waals surface area (Å²) in [4.78, 5) is 16.8. The van der Waals surface area contributed by atoms with Crippen LogP contribution in [0.5, 0.6) is 0 Å². The highest BCUT2D eigenvalue weighted by atomic mass is 32.1. The van der Waals surface area contributed by atoms with Crippen LogP contribution in [0, 0.1) is 12.8 Å². The molecule has 1 aromatic carbocycles. The minimum Gasteiger partial charge on any atom is -0.349 e. The summed E-state index contributed by atoms with van der Waals surface area (Å²) in [6.07, 6.45) is 3.14. The van der Waals surface area contributed by atoms with Gasteiger partial charge >= 0.3 is 0 Å². The van der Waals surface area contributed by atoms with Crippen LogP contribution in [-0.2, 0) is 0 Å². The van der Waals surface area contributed by atoms with E-state index in [1.807, 2.05) is 36.6 Å². The maximum atomic E-state index is 12.3. The number of rotatable bonds is 4. The lowest BCUT2D eigenvalue weighted by atomic mass is 10.1. The Bertz CT molecular complexity index is 650. The second-order valence-electron chi connectivity index (χ2n) is 5.91. The molecule has 1 heterocycles. The van der Waals surface area contributed by atoms with E-state index in [0.717, 1.165) is 35.5 Å². The molecule has 0 saturated heterocycles. The van der Waals surface area contributed by atoms with E-state index in [1.54, 1.807) is 11.3 Å². The van der Waals surface area contributed by atoms with E-state index < -0.39 is 0 Å². The summed E-state index contributed by atoms with van der Waals surface area (Å²) < 4.78 is 0. The summed E-state index contributed by atoms with van der Waals surface area (Å²) in [6, 6.07) is 7.92. The zero-order chi connectivity index (χ0) is 15.5. The summed E-state index contributed by atoms with van der Waals surface area (Å²) in [5.41, 5.74) is 8.41. The van der Waals surface area contributed by atoms with Crippen molar-refractivity contribution in [2.45, 2.75) is 32.2 Å². The van der Waals surface area contributed by atoms with Crippen LogP contribution in [0.2, 0.25) is 0 Å². The molecular formula is C17H21N3OS. The summed E-state index contributed by atoms with van der Waals surface area (Å²) in [5, 5.41) is 6.20. The van der Waals surface area contributed by atoms with Crippen molar-refractivity contribution in [1.29, 1.82) is 0 Å². The van der Waals surface area contributed by atoms with Crippen molar-refractivity contribution >= 4 is 17.2 Å². The molecule has 2 atom stereocenters. The maximum absolute atomic E-state index is 12.3. The first-order valence-corrected chi connectivity index (χ1v) is 8.57. The first kappa shape index (κ1) is 15.2. The third-order valence-electron chi connectivity index (χ3n) is 4.27. The van der Waals surface area contributed by atoms with E-state index in [4.69, 9.17) is 5.73 Å². The van der Waals surface area contributed by atoms with Gasteiger partial charge in [0.05, 0.1) is 10.7 Å². The van der Waals surface area contributed by atoms with Crippen LogP contribution in [0.15, 0.2) is 29.6 Å². The van der Waals surface area contributed by atoms with Crippen LogP contribution < -0.4 is 11.1 Å². The van der Waals surface area contributed by atoms with Crippen molar-refractivity contribution in [1.82, 2.24) is 10.3 Å². The van der Waals surface area contributed by atoms with Gasteiger partial charge in [0.2, 0.25) is 0 Å². The Hall–Kier alpha value is -1.72. The van der Waals surface area contributed by atoms with E-state index in [2.05, 4.69) is 10.3 Å². The molecule has 22 heavy (non-hydrogen) atoms. The topological polar surface area (TPSA) is 68.0 Å². The van der Waals surface area contributed by atoms with Crippen molar-refractivity contribution in [3.8, 4) is 11.3 Å². The van der Waals surface area contributed by atoms with Gasteiger partial charge in [0.15, 0.2) is 0 Å². The Balaban J connectivity index is 1.64. The SMILES string of the molecule is Cc1nc(-c2ccc(C(=O)NC3CCC(CN)C3)cc2)cs1. The van der Waals surface area contributed by atoms with Gasteiger partial charge in [0.1, 0.15) is 0 Å². The van der Waals surface area contributed by atoms with Gasteiger partial charge in [-0.1, -0.05) is 12.1 Å². The lowest BCUT2D eigenvalue weighted by molar-refractivity contribution is 0.0937. The zero-order valence-corrected chi connectivity index (χ0v) is 13.5. The second kappa shape index (κ2) is 6.58. The fourth-order valence-corrected chi connectivity index (χ4v) is 3.60. The molecular weight excluding hydrogens is 294 g/mol. The average molecular weight is 315 g/mol. The van der Waals surface area contributed by atoms with Crippen LogP contribution >= 0.6 is 11.3 Å². The number of thiazole rings is 1. The number of nitrogens with zero attached hydrogens (tertiary/aromatic N) is 1. The van der Waals surface area contributed by atoms with Crippen LogP contribution in [-0.4, -0.2) is 23.5 Å². The molecule has 1 saturated carbocycles. The molecule has 0 radical (unpaired) electrons. The van der Waals surface area contributed by atoms with Gasteiger partial charge in [0.25, 0.3) is 5.91 Å². The predicted molar refractivity (Wildman–Crippen MR) is 89.9 cm³/mol. The van der Waals surface area contributed by atoms with Gasteiger partial charge in [0, 0.05) is 22.5 Å². The molecule has 3 rings (SSSR count). The average Bonchev–Trinajstić information content (AvgIpc) is 3.16. The largest absolute Gasteiger partial charge is 0.349 e. The molecule has 2 aromatic rings. The Morgan fingerprint density at radius 2 is 2.14 bits per heavy atom. The number of hydrogen-bond acceptors (Lipinski definition) is 4. The maximum Gasteiger partial charge on any atom is 0.251 e. The van der Waals surface area contributed by atoms with Gasteiger partial charge in [-0.05, 0) is 50.8 Å². The van der Waals surface area contributed by atoms with E-state index in [-0.39, 0.29) is 11.9 Å². The van der Waals surface area contributed by atoms with Crippen LogP contribution in [0.25, 0.3) is 11.3 Å². The predicted octanol–water partition coefficient (Wildman–Crippen LogP) is 2.98. The van der Waals surface area contributed by atoms with Crippen molar-refractivity contribution in [2.24, 2.45) is 11.7 Å². The molecule has 1 aliphatic carbocycles. The normalized spacial score (nSPS) is 21.0. The number of carbonyl (C=O) groups is 1. The number of amides is 1. The van der Waals surface area contributed by atoms with Gasteiger partial charge in [-0.15, -0.1) is 11.3 Å². The standard InChI is InChI=1S/C17H21N3OS/c1-11-19-16(10-22-11)13-3-5-14(6-4-13)17(21)20-15-7-2-12(8-15)9-18/h3-6,10,12,15H,2,7-9,18H2,1H3,(H,20,21). The molecule has 4 nitrogen and oxygen atoms in total. The fourth-order valence-electron chi connectivity index (χ4n) is 2.98. The van der Waals surface area contributed by atoms with Crippen molar-refractivity contribution < 1.29 is 4.79 Å². The van der Waals surface area contributed by atoms with E-state index in [9.17, 15) is 4.79 Å². The second-order valence-corrected chi connectivity index (χ2v) is 6.98. The summed E-state index contributed by atoms with van der Waals surface area (Å²) in [6.45, 7) is 2.71. The van der Waals surface area contributed by atoms with Crippen molar-refractivity contribution in [3.63, 3.8) is 0 Å². The molecule has 0 aliphatic heterocycles. The van der Waals surface area contributed by atoms with Crippen LogP contribution in [0.1, 0.15) is 34.6 Å². The van der Waals surface area contributed by atoms with Gasteiger partial charge in [-0.25, -0.2) is 4.98 Å². The highest BCUT2D eigenvalue weighted by Crippen LogP contribution is 2.25. The molecule has 5 heteroatoms. The molecule has 0 bridgehead atoms. The molecule has 3 N–H and O–H groups in total. The smallest absolute Gasteiger partial charge is 0.251 e. The molecule has 0 spiro atoms. The molecule has 116 valence electrons. The van der Waals surface area contributed by atoms with Gasteiger partial charge in [-0.3, -0.25) is 4.79 Å². The minimum absolute atomic E-state index is 0.00341. The summed E-state index contributed by atoms with van der Waals surface area (Å²) >= 11 is 1.63. The monoisotopic (exact) mass is 315 g/mol. The molecule has 1 aliphatic rings. The Labute approximate surface area is 134 Å². The number of hydrogen-bond donors (Lipinski definition) is 2. The van der Waals surface area contributed by atoms with Crippen LogP contribution in [0.3, 0.4) is 0 Å². The molecule has 1 aromatic heterocycles. The minimum atomic E-state index is 0.00341. The summed E-state index contributed by atoms with van der Waals surface area (Å²) in [7, 11) is 0. The fraction of sp³-hybridized carbons (Fsp3) is 0.412. The summed E-state index contributed by atoms with van der Waals surface area (Å²) in [5.74, 6) is 0.560. The molecule has 1 amide bonds. The molecule has 1 fully saturated rings. The number of benzene rings is 1. The van der Waals surface area contributed by atoms with Gasteiger partial charge < -0.3 is 11.1 Å². The van der Waals surface area contributed by atoms with E-state index in [0.29, 0.717) is 18.0 Å². The van der Waals surface area contributed by atoms with Crippen molar-refractivity contribution in [2.75, 3.05) is 6.54 Å². The number of nitrogens with one attached hydrogen (secondary N) is 1. The van der Waals surface area contributed by atoms with Crippen molar-refractivity contribution in [3.05, 3.63) is 40.2 Å². The number of carbonyl (C=O) groups excluding carboxylic acids is 1. The Kier molecular flexibility index (Phi) is 4.55. The Morgan fingerprint density at radius 3 is 2.73 bits per heavy atom. The first-order valence-electron chi connectivity index (χ1n) is 7.69. The third kappa shape index (κ3) is 3.36. The Morgan fingerprint density at radius 1 is 1.36 bits per heavy atom. The number of aryl methyl sites for hydroxylation is 1. The van der Waals surface area contributed by atoms with Gasteiger partial charge in [-0.2, -0.15) is 0 Å².